The summed E-state index contributed by atoms with van der Waals surface area (Å²) in [6, 6.07) is 7.92. The summed E-state index contributed by atoms with van der Waals surface area (Å²) in [5.41, 5.74) is 2.21. The zero-order valence-electron chi connectivity index (χ0n) is 16.2. The number of hydrogen-bond acceptors (Lipinski definition) is 6. The number of rotatable bonds is 8. The molecule has 2 aromatic rings. The van der Waals surface area contributed by atoms with Crippen LogP contribution in [0.25, 0.3) is 11.4 Å². The molecule has 1 amide bonds. The molecule has 0 bridgehead atoms. The fraction of sp³-hybridized carbons (Fsp3) is 0.526. The Morgan fingerprint density at radius 1 is 1.29 bits per heavy atom. The van der Waals surface area contributed by atoms with Gasteiger partial charge in [-0.3, -0.25) is 9.89 Å². The average molecular weight is 423 g/mol. The molecule has 0 aliphatic carbocycles. The van der Waals surface area contributed by atoms with Crippen molar-refractivity contribution in [1.82, 2.24) is 20.1 Å². The van der Waals surface area contributed by atoms with E-state index in [0.29, 0.717) is 23.9 Å². The van der Waals surface area contributed by atoms with Crippen LogP contribution < -0.4 is 0 Å². The minimum absolute atomic E-state index is 0.0624. The zero-order valence-corrected chi connectivity index (χ0v) is 17.9. The van der Waals surface area contributed by atoms with Crippen LogP contribution in [-0.2, 0) is 21.1 Å². The van der Waals surface area contributed by atoms with Crippen LogP contribution in [0.1, 0.15) is 32.3 Å². The van der Waals surface area contributed by atoms with E-state index < -0.39 is 9.84 Å². The highest BCUT2D eigenvalue weighted by atomic mass is 32.2. The first-order chi connectivity index (χ1) is 13.4. The third-order valence-corrected chi connectivity index (χ3v) is 7.44. The maximum Gasteiger partial charge on any atom is 0.233 e. The molecule has 1 N–H and O–H groups in total. The number of aromatic amines is 1. The normalized spacial score (nSPS) is 18.3. The second kappa shape index (κ2) is 9.09. The summed E-state index contributed by atoms with van der Waals surface area (Å²) >= 11 is 1.27. The van der Waals surface area contributed by atoms with Gasteiger partial charge in [0.25, 0.3) is 0 Å². The summed E-state index contributed by atoms with van der Waals surface area (Å²) in [7, 11) is -3.02. The molecule has 3 rings (SSSR count). The summed E-state index contributed by atoms with van der Waals surface area (Å²) in [5, 5.41) is 7.62. The summed E-state index contributed by atoms with van der Waals surface area (Å²) in [6.45, 7) is 4.67. The van der Waals surface area contributed by atoms with Gasteiger partial charge in [0.2, 0.25) is 11.1 Å². The van der Waals surface area contributed by atoms with Gasteiger partial charge in [0, 0.05) is 18.2 Å². The Morgan fingerprint density at radius 2 is 2.04 bits per heavy atom. The Kier molecular flexibility index (Phi) is 6.77. The fourth-order valence-corrected chi connectivity index (χ4v) is 5.74. The first-order valence-electron chi connectivity index (χ1n) is 9.56. The number of amides is 1. The maximum absolute atomic E-state index is 12.7. The summed E-state index contributed by atoms with van der Waals surface area (Å²) in [5.74, 6) is 1.04. The summed E-state index contributed by atoms with van der Waals surface area (Å²) in [6.07, 6.45) is 2.30. The van der Waals surface area contributed by atoms with Crippen molar-refractivity contribution in [3.63, 3.8) is 0 Å². The van der Waals surface area contributed by atoms with Crippen LogP contribution in [0.5, 0.6) is 0 Å². The van der Waals surface area contributed by atoms with Crippen molar-refractivity contribution in [2.24, 2.45) is 0 Å². The minimum atomic E-state index is -3.02. The largest absolute Gasteiger partial charge is 0.338 e. The Bertz CT molecular complexity index is 910. The predicted molar refractivity (Wildman–Crippen MR) is 111 cm³/mol. The monoisotopic (exact) mass is 422 g/mol. The number of nitrogens with zero attached hydrogens (tertiary/aromatic N) is 3. The molecule has 2 heterocycles. The van der Waals surface area contributed by atoms with Crippen molar-refractivity contribution < 1.29 is 13.2 Å². The third kappa shape index (κ3) is 5.14. The van der Waals surface area contributed by atoms with Crippen LogP contribution in [0.3, 0.4) is 0 Å². The van der Waals surface area contributed by atoms with Gasteiger partial charge in [-0.05, 0) is 24.8 Å². The smallest absolute Gasteiger partial charge is 0.233 e. The Morgan fingerprint density at radius 3 is 2.64 bits per heavy atom. The van der Waals surface area contributed by atoms with Gasteiger partial charge in [0.15, 0.2) is 15.7 Å². The van der Waals surface area contributed by atoms with Crippen molar-refractivity contribution in [3.8, 4) is 11.4 Å². The number of carbonyl (C=O) groups is 1. The SMILES string of the molecule is CCCN(C(=O)CSc1n[nH]c(-c2ccc(CC)cc2)n1)[C@H]1CCS(=O)(=O)C1. The van der Waals surface area contributed by atoms with E-state index in [0.717, 1.165) is 18.4 Å². The van der Waals surface area contributed by atoms with E-state index in [1.54, 1.807) is 4.90 Å². The molecule has 1 fully saturated rings. The predicted octanol–water partition coefficient (Wildman–Crippen LogP) is 2.55. The molecule has 1 aliphatic rings. The van der Waals surface area contributed by atoms with Gasteiger partial charge in [-0.25, -0.2) is 13.4 Å². The number of thioether (sulfide) groups is 1. The highest BCUT2D eigenvalue weighted by Crippen LogP contribution is 2.22. The van der Waals surface area contributed by atoms with E-state index in [-0.39, 0.29) is 29.2 Å². The molecule has 1 aliphatic heterocycles. The number of nitrogens with one attached hydrogen (secondary N) is 1. The molecule has 1 aromatic heterocycles. The molecule has 0 spiro atoms. The number of sulfone groups is 1. The topological polar surface area (TPSA) is 96.0 Å². The van der Waals surface area contributed by atoms with Gasteiger partial charge in [0.05, 0.1) is 17.3 Å². The standard InChI is InChI=1S/C19H26N4O3S2/c1-3-10-23(16-9-11-28(25,26)13-16)17(24)12-27-19-20-18(21-22-19)15-7-5-14(4-2)6-8-15/h5-8,16H,3-4,9-13H2,1-2H3,(H,20,21,22)/t16-/m0/s1. The average Bonchev–Trinajstić information content (AvgIpc) is 3.30. The number of aryl methyl sites for hydroxylation is 1. The van der Waals surface area contributed by atoms with Gasteiger partial charge in [0.1, 0.15) is 0 Å². The van der Waals surface area contributed by atoms with E-state index in [9.17, 15) is 13.2 Å². The van der Waals surface area contributed by atoms with E-state index >= 15 is 0 Å². The van der Waals surface area contributed by atoms with E-state index in [2.05, 4.69) is 34.2 Å². The lowest BCUT2D eigenvalue weighted by atomic mass is 10.1. The lowest BCUT2D eigenvalue weighted by Gasteiger charge is -2.27. The van der Waals surface area contributed by atoms with Gasteiger partial charge < -0.3 is 4.90 Å². The third-order valence-electron chi connectivity index (χ3n) is 4.86. The quantitative estimate of drug-likeness (QED) is 0.657. The van der Waals surface area contributed by atoms with Crippen LogP contribution in [-0.4, -0.2) is 64.3 Å². The van der Waals surface area contributed by atoms with E-state index in [1.807, 2.05) is 19.1 Å². The molecule has 1 saturated heterocycles. The Balaban J connectivity index is 1.61. The molecular weight excluding hydrogens is 396 g/mol. The summed E-state index contributed by atoms with van der Waals surface area (Å²) < 4.78 is 23.5. The van der Waals surface area contributed by atoms with Crippen molar-refractivity contribution in [3.05, 3.63) is 29.8 Å². The second-order valence-corrected chi connectivity index (χ2v) is 10.1. The zero-order chi connectivity index (χ0) is 20.1. The van der Waals surface area contributed by atoms with Gasteiger partial charge in [-0.15, -0.1) is 5.10 Å². The highest BCUT2D eigenvalue weighted by Gasteiger charge is 2.34. The molecule has 9 heteroatoms. The van der Waals surface area contributed by atoms with Gasteiger partial charge in [-0.2, -0.15) is 0 Å². The number of benzene rings is 1. The lowest BCUT2D eigenvalue weighted by Crippen LogP contribution is -2.42. The number of aromatic nitrogens is 3. The van der Waals surface area contributed by atoms with Crippen molar-refractivity contribution in [2.75, 3.05) is 23.8 Å². The molecule has 0 radical (unpaired) electrons. The molecule has 7 nitrogen and oxygen atoms in total. The number of carbonyl (C=O) groups excluding carboxylic acids is 1. The Hall–Kier alpha value is -1.87. The van der Waals surface area contributed by atoms with Crippen molar-refractivity contribution in [2.45, 2.75) is 44.3 Å². The molecule has 28 heavy (non-hydrogen) atoms. The van der Waals surface area contributed by atoms with Crippen LogP contribution in [0.4, 0.5) is 0 Å². The molecule has 152 valence electrons. The van der Waals surface area contributed by atoms with Gasteiger partial charge in [-0.1, -0.05) is 49.9 Å². The minimum Gasteiger partial charge on any atom is -0.338 e. The van der Waals surface area contributed by atoms with Crippen LogP contribution in [0, 0.1) is 0 Å². The lowest BCUT2D eigenvalue weighted by molar-refractivity contribution is -0.130. The van der Waals surface area contributed by atoms with Crippen LogP contribution in [0.15, 0.2) is 29.4 Å². The van der Waals surface area contributed by atoms with E-state index in [1.165, 1.54) is 17.3 Å². The first kappa shape index (κ1) is 20.9. The molecule has 0 saturated carbocycles. The molecule has 1 aromatic carbocycles. The first-order valence-corrected chi connectivity index (χ1v) is 12.4. The van der Waals surface area contributed by atoms with Crippen LogP contribution >= 0.6 is 11.8 Å². The van der Waals surface area contributed by atoms with Crippen LogP contribution in [0.2, 0.25) is 0 Å². The van der Waals surface area contributed by atoms with Crippen molar-refractivity contribution >= 4 is 27.5 Å². The highest BCUT2D eigenvalue weighted by molar-refractivity contribution is 7.99. The maximum atomic E-state index is 12.7. The number of hydrogen-bond donors (Lipinski definition) is 1. The second-order valence-electron chi connectivity index (χ2n) is 6.95. The molecule has 0 unspecified atom stereocenters. The van der Waals surface area contributed by atoms with Gasteiger partial charge >= 0.3 is 0 Å². The number of H-pyrrole nitrogens is 1. The fourth-order valence-electron chi connectivity index (χ4n) is 3.32. The summed E-state index contributed by atoms with van der Waals surface area (Å²) in [4.78, 5) is 18.9. The molecular formula is C19H26N4O3S2. The van der Waals surface area contributed by atoms with Crippen molar-refractivity contribution in [1.29, 1.82) is 0 Å². The van der Waals surface area contributed by atoms with E-state index in [4.69, 9.17) is 0 Å². The Labute approximate surface area is 170 Å². The molecule has 1 atom stereocenters.